The average molecular weight is 241 g/mol. The maximum absolute atomic E-state index is 5.83. The molecule has 0 amide bonds. The first-order chi connectivity index (χ1) is 7.74. The topological polar surface area (TPSA) is 38.5 Å². The Labute approximate surface area is 101 Å². The Hall–Kier alpha value is -0.770. The molecular weight excluding hydrogens is 224 g/mol. The summed E-state index contributed by atoms with van der Waals surface area (Å²) in [6.07, 6.45) is 1.10. The zero-order chi connectivity index (χ0) is 11.4. The number of nitrogens with two attached hydrogens (primary N) is 1. The maximum Gasteiger partial charge on any atom is 0.119 e. The minimum absolute atomic E-state index is 0.343. The van der Waals surface area contributed by atoms with Crippen LogP contribution in [0.3, 0.4) is 0 Å². The Kier molecular flexibility index (Phi) is 4.04. The van der Waals surface area contributed by atoms with Crippen molar-refractivity contribution in [3.8, 4) is 5.75 Å². The summed E-state index contributed by atoms with van der Waals surface area (Å²) in [5.41, 5.74) is 5.83. The van der Waals surface area contributed by atoms with Crippen LogP contribution in [0, 0.1) is 0 Å². The van der Waals surface area contributed by atoms with Crippen molar-refractivity contribution in [2.24, 2.45) is 5.73 Å². The highest BCUT2D eigenvalue weighted by Crippen LogP contribution is 2.15. The number of hydrogen-bond acceptors (Lipinski definition) is 3. The van der Waals surface area contributed by atoms with E-state index < -0.39 is 0 Å². The van der Waals surface area contributed by atoms with Crippen LogP contribution in [0.1, 0.15) is 6.42 Å². The summed E-state index contributed by atoms with van der Waals surface area (Å²) in [4.78, 5) is 2.33. The van der Waals surface area contributed by atoms with Gasteiger partial charge in [0.2, 0.25) is 0 Å². The van der Waals surface area contributed by atoms with Gasteiger partial charge in [0.1, 0.15) is 12.4 Å². The molecule has 0 aromatic heterocycles. The Balaban J connectivity index is 1.70. The third-order valence-corrected chi connectivity index (χ3v) is 3.05. The number of nitrogens with zero attached hydrogens (tertiary/aromatic N) is 1. The fraction of sp³-hybridized carbons (Fsp3) is 0.500. The molecule has 0 aliphatic carbocycles. The summed E-state index contributed by atoms with van der Waals surface area (Å²) in [5.74, 6) is 0.868. The minimum atomic E-state index is 0.343. The number of benzene rings is 1. The fourth-order valence-corrected chi connectivity index (χ4v) is 2.02. The molecule has 0 unspecified atom stereocenters. The van der Waals surface area contributed by atoms with Gasteiger partial charge in [0.15, 0.2) is 0 Å². The zero-order valence-electron chi connectivity index (χ0n) is 9.23. The molecule has 88 valence electrons. The standard InChI is InChI=1S/C12H17ClN2O/c13-10-1-3-12(4-2-10)16-8-7-15-6-5-11(14)9-15/h1-4,11H,5-9,14H2/t11-/m0/s1. The third-order valence-electron chi connectivity index (χ3n) is 2.80. The molecule has 1 aromatic carbocycles. The van der Waals surface area contributed by atoms with Gasteiger partial charge in [0, 0.05) is 24.2 Å². The molecule has 4 heteroatoms. The highest BCUT2D eigenvalue weighted by molar-refractivity contribution is 6.30. The molecule has 1 aliphatic heterocycles. The lowest BCUT2D eigenvalue weighted by Crippen LogP contribution is -2.29. The first kappa shape index (κ1) is 11.7. The molecule has 3 nitrogen and oxygen atoms in total. The number of rotatable bonds is 4. The van der Waals surface area contributed by atoms with Crippen molar-refractivity contribution in [3.05, 3.63) is 29.3 Å². The highest BCUT2D eigenvalue weighted by Gasteiger charge is 2.18. The molecule has 1 aliphatic rings. The van der Waals surface area contributed by atoms with E-state index in [1.807, 2.05) is 24.3 Å². The SMILES string of the molecule is N[C@H]1CCN(CCOc2ccc(Cl)cc2)C1. The lowest BCUT2D eigenvalue weighted by atomic mass is 10.3. The molecule has 0 saturated carbocycles. The lowest BCUT2D eigenvalue weighted by Gasteiger charge is -2.15. The molecule has 1 aromatic rings. The van der Waals surface area contributed by atoms with Crippen molar-refractivity contribution in [1.29, 1.82) is 0 Å². The Morgan fingerprint density at radius 1 is 1.38 bits per heavy atom. The van der Waals surface area contributed by atoms with Crippen LogP contribution in [0.2, 0.25) is 5.02 Å². The second-order valence-corrected chi connectivity index (χ2v) is 4.59. The van der Waals surface area contributed by atoms with Gasteiger partial charge in [0.05, 0.1) is 0 Å². The minimum Gasteiger partial charge on any atom is -0.492 e. The molecule has 2 N–H and O–H groups in total. The second kappa shape index (κ2) is 5.53. The van der Waals surface area contributed by atoms with Gasteiger partial charge >= 0.3 is 0 Å². The van der Waals surface area contributed by atoms with E-state index in [1.54, 1.807) is 0 Å². The van der Waals surface area contributed by atoms with Gasteiger partial charge in [0.25, 0.3) is 0 Å². The van der Waals surface area contributed by atoms with Crippen molar-refractivity contribution in [3.63, 3.8) is 0 Å². The molecular formula is C12H17ClN2O. The first-order valence-electron chi connectivity index (χ1n) is 5.60. The predicted octanol–water partition coefficient (Wildman–Crippen LogP) is 1.75. The van der Waals surface area contributed by atoms with E-state index in [-0.39, 0.29) is 0 Å². The fourth-order valence-electron chi connectivity index (χ4n) is 1.89. The molecule has 0 spiro atoms. The Morgan fingerprint density at radius 3 is 2.75 bits per heavy atom. The number of hydrogen-bond donors (Lipinski definition) is 1. The number of likely N-dealkylation sites (tertiary alicyclic amines) is 1. The van der Waals surface area contributed by atoms with E-state index in [4.69, 9.17) is 22.1 Å². The average Bonchev–Trinajstić information content (AvgIpc) is 2.67. The van der Waals surface area contributed by atoms with Gasteiger partial charge in [-0.3, -0.25) is 4.90 Å². The Bertz CT molecular complexity index is 328. The van der Waals surface area contributed by atoms with E-state index in [2.05, 4.69) is 4.90 Å². The quantitative estimate of drug-likeness (QED) is 0.872. The Morgan fingerprint density at radius 2 is 2.12 bits per heavy atom. The van der Waals surface area contributed by atoms with Crippen LogP contribution in [0.4, 0.5) is 0 Å². The second-order valence-electron chi connectivity index (χ2n) is 4.15. The van der Waals surface area contributed by atoms with Crippen LogP contribution in [-0.2, 0) is 0 Å². The van der Waals surface area contributed by atoms with Gasteiger partial charge in [-0.05, 0) is 37.2 Å². The maximum atomic E-state index is 5.83. The van der Waals surface area contributed by atoms with E-state index in [0.29, 0.717) is 12.6 Å². The summed E-state index contributed by atoms with van der Waals surface area (Å²) in [6.45, 7) is 3.72. The van der Waals surface area contributed by atoms with E-state index in [1.165, 1.54) is 0 Å². The van der Waals surface area contributed by atoms with Gasteiger partial charge in [-0.15, -0.1) is 0 Å². The van der Waals surface area contributed by atoms with Crippen LogP contribution in [0.5, 0.6) is 5.75 Å². The van der Waals surface area contributed by atoms with Gasteiger partial charge in [-0.25, -0.2) is 0 Å². The molecule has 1 saturated heterocycles. The van der Waals surface area contributed by atoms with Crippen molar-refractivity contribution >= 4 is 11.6 Å². The zero-order valence-corrected chi connectivity index (χ0v) is 9.99. The molecule has 16 heavy (non-hydrogen) atoms. The predicted molar refractivity (Wildman–Crippen MR) is 66.0 cm³/mol. The van der Waals surface area contributed by atoms with Crippen molar-refractivity contribution < 1.29 is 4.74 Å². The van der Waals surface area contributed by atoms with Crippen molar-refractivity contribution in [2.45, 2.75) is 12.5 Å². The van der Waals surface area contributed by atoms with E-state index >= 15 is 0 Å². The van der Waals surface area contributed by atoms with Crippen LogP contribution in [0.15, 0.2) is 24.3 Å². The highest BCUT2D eigenvalue weighted by atomic mass is 35.5. The van der Waals surface area contributed by atoms with Gasteiger partial charge in [-0.2, -0.15) is 0 Å². The molecule has 2 rings (SSSR count). The third kappa shape index (κ3) is 3.37. The van der Waals surface area contributed by atoms with E-state index in [0.717, 1.165) is 36.8 Å². The smallest absolute Gasteiger partial charge is 0.119 e. The first-order valence-corrected chi connectivity index (χ1v) is 5.98. The normalized spacial score (nSPS) is 21.2. The van der Waals surface area contributed by atoms with Crippen LogP contribution < -0.4 is 10.5 Å². The number of halogens is 1. The molecule has 0 bridgehead atoms. The van der Waals surface area contributed by atoms with Crippen molar-refractivity contribution in [1.82, 2.24) is 4.90 Å². The molecule has 1 fully saturated rings. The van der Waals surface area contributed by atoms with Crippen LogP contribution in [-0.4, -0.2) is 37.2 Å². The molecule has 1 atom stereocenters. The summed E-state index contributed by atoms with van der Waals surface area (Å²) < 4.78 is 5.62. The summed E-state index contributed by atoms with van der Waals surface area (Å²) in [7, 11) is 0. The summed E-state index contributed by atoms with van der Waals surface area (Å²) in [6, 6.07) is 7.79. The summed E-state index contributed by atoms with van der Waals surface area (Å²) >= 11 is 5.79. The van der Waals surface area contributed by atoms with E-state index in [9.17, 15) is 0 Å². The van der Waals surface area contributed by atoms with Gasteiger partial charge in [-0.1, -0.05) is 11.6 Å². The van der Waals surface area contributed by atoms with Crippen LogP contribution >= 0.6 is 11.6 Å². The molecule has 1 heterocycles. The molecule has 0 radical (unpaired) electrons. The monoisotopic (exact) mass is 240 g/mol. The summed E-state index contributed by atoms with van der Waals surface area (Å²) in [5, 5.41) is 0.734. The van der Waals surface area contributed by atoms with Crippen molar-refractivity contribution in [2.75, 3.05) is 26.2 Å². The lowest BCUT2D eigenvalue weighted by molar-refractivity contribution is 0.236. The van der Waals surface area contributed by atoms with Gasteiger partial charge < -0.3 is 10.5 Å². The largest absolute Gasteiger partial charge is 0.492 e. The number of ether oxygens (including phenoxy) is 1. The van der Waals surface area contributed by atoms with Crippen LogP contribution in [0.25, 0.3) is 0 Å².